The molecule has 92 valence electrons. The average molecular weight is 235 g/mol. The zero-order valence-electron chi connectivity index (χ0n) is 10.1. The lowest BCUT2D eigenvalue weighted by molar-refractivity contribution is -0.142. The van der Waals surface area contributed by atoms with Gasteiger partial charge in [-0.3, -0.25) is 4.79 Å². The molecular formula is C13H17NO3. The fourth-order valence-electron chi connectivity index (χ4n) is 2.25. The Labute approximate surface area is 101 Å². The highest BCUT2D eigenvalue weighted by molar-refractivity contribution is 5.70. The molecule has 2 unspecified atom stereocenters. The minimum atomic E-state index is -0.791. The molecule has 1 aromatic rings. The molecule has 17 heavy (non-hydrogen) atoms. The van der Waals surface area contributed by atoms with E-state index in [0.29, 0.717) is 0 Å². The van der Waals surface area contributed by atoms with Crippen LogP contribution in [-0.4, -0.2) is 24.7 Å². The van der Waals surface area contributed by atoms with Gasteiger partial charge in [-0.05, 0) is 24.2 Å². The van der Waals surface area contributed by atoms with Gasteiger partial charge in [0.15, 0.2) is 0 Å². The fourth-order valence-corrected chi connectivity index (χ4v) is 2.25. The fraction of sp³-hybridized carbons (Fsp3) is 0.462. The monoisotopic (exact) mass is 235 g/mol. The van der Waals surface area contributed by atoms with Crippen LogP contribution >= 0.6 is 0 Å². The normalized spacial score (nSPS) is 17.1. The van der Waals surface area contributed by atoms with E-state index in [1.54, 1.807) is 14.0 Å². The molecule has 0 aliphatic carbocycles. The summed E-state index contributed by atoms with van der Waals surface area (Å²) in [5.41, 5.74) is 2.17. The third kappa shape index (κ3) is 2.26. The van der Waals surface area contributed by atoms with Crippen LogP contribution in [0.2, 0.25) is 0 Å². The zero-order valence-corrected chi connectivity index (χ0v) is 10.1. The SMILES string of the molecule is CNC(c1ccc2c(c1)CCO2)C(C)C(=O)O. The molecule has 0 saturated heterocycles. The van der Waals surface area contributed by atoms with Gasteiger partial charge in [-0.2, -0.15) is 0 Å². The lowest BCUT2D eigenvalue weighted by atomic mass is 9.93. The number of carboxylic acids is 1. The Kier molecular flexibility index (Phi) is 3.33. The smallest absolute Gasteiger partial charge is 0.308 e. The number of carboxylic acid groups (broad SMARTS) is 1. The summed E-state index contributed by atoms with van der Waals surface area (Å²) in [5.74, 6) is -0.326. The van der Waals surface area contributed by atoms with Gasteiger partial charge in [0.2, 0.25) is 0 Å². The van der Waals surface area contributed by atoms with Gasteiger partial charge in [0, 0.05) is 12.5 Å². The Morgan fingerprint density at radius 2 is 2.29 bits per heavy atom. The number of ether oxygens (including phenoxy) is 1. The number of hydrogen-bond donors (Lipinski definition) is 2. The zero-order chi connectivity index (χ0) is 12.4. The molecule has 2 N–H and O–H groups in total. The summed E-state index contributed by atoms with van der Waals surface area (Å²) in [6, 6.07) is 5.74. The van der Waals surface area contributed by atoms with E-state index in [-0.39, 0.29) is 6.04 Å². The van der Waals surface area contributed by atoms with Crippen molar-refractivity contribution in [1.82, 2.24) is 5.32 Å². The summed E-state index contributed by atoms with van der Waals surface area (Å²) in [6.07, 6.45) is 0.904. The Bertz CT molecular complexity index is 431. The van der Waals surface area contributed by atoms with Gasteiger partial charge in [0.1, 0.15) is 5.75 Å². The molecule has 0 amide bonds. The molecule has 0 fully saturated rings. The first-order chi connectivity index (χ1) is 8.13. The molecule has 1 aliphatic rings. The van der Waals surface area contributed by atoms with Gasteiger partial charge in [-0.15, -0.1) is 0 Å². The molecule has 0 spiro atoms. The van der Waals surface area contributed by atoms with Crippen LogP contribution < -0.4 is 10.1 Å². The maximum Gasteiger partial charge on any atom is 0.308 e. The molecule has 1 aromatic carbocycles. The summed E-state index contributed by atoms with van der Waals surface area (Å²) in [6.45, 7) is 2.44. The van der Waals surface area contributed by atoms with Crippen LogP contribution in [-0.2, 0) is 11.2 Å². The third-order valence-corrected chi connectivity index (χ3v) is 3.27. The lowest BCUT2D eigenvalue weighted by Crippen LogP contribution is -2.28. The number of rotatable bonds is 4. The van der Waals surface area contributed by atoms with Crippen LogP contribution in [0.25, 0.3) is 0 Å². The van der Waals surface area contributed by atoms with Crippen molar-refractivity contribution in [3.8, 4) is 5.75 Å². The van der Waals surface area contributed by atoms with Gasteiger partial charge < -0.3 is 15.2 Å². The quantitative estimate of drug-likeness (QED) is 0.832. The van der Waals surface area contributed by atoms with Crippen molar-refractivity contribution in [1.29, 1.82) is 0 Å². The van der Waals surface area contributed by atoms with Gasteiger partial charge in [-0.1, -0.05) is 19.1 Å². The summed E-state index contributed by atoms with van der Waals surface area (Å²) >= 11 is 0. The van der Waals surface area contributed by atoms with Crippen molar-refractivity contribution in [2.45, 2.75) is 19.4 Å². The van der Waals surface area contributed by atoms with Crippen LogP contribution in [0.4, 0.5) is 0 Å². The van der Waals surface area contributed by atoms with E-state index < -0.39 is 11.9 Å². The van der Waals surface area contributed by atoms with Crippen LogP contribution in [0.15, 0.2) is 18.2 Å². The highest BCUT2D eigenvalue weighted by atomic mass is 16.5. The second-order valence-electron chi connectivity index (χ2n) is 4.36. The van der Waals surface area contributed by atoms with Crippen molar-refractivity contribution in [3.63, 3.8) is 0 Å². The summed E-state index contributed by atoms with van der Waals surface area (Å²) in [7, 11) is 1.79. The van der Waals surface area contributed by atoms with Gasteiger partial charge in [0.25, 0.3) is 0 Å². The minimum Gasteiger partial charge on any atom is -0.493 e. The second-order valence-corrected chi connectivity index (χ2v) is 4.36. The first-order valence-electron chi connectivity index (χ1n) is 5.79. The topological polar surface area (TPSA) is 58.6 Å². The largest absolute Gasteiger partial charge is 0.493 e. The summed E-state index contributed by atoms with van der Waals surface area (Å²) < 4.78 is 5.44. The van der Waals surface area contributed by atoms with Crippen LogP contribution in [0.3, 0.4) is 0 Å². The van der Waals surface area contributed by atoms with E-state index >= 15 is 0 Å². The molecule has 2 rings (SSSR count). The minimum absolute atomic E-state index is 0.168. The third-order valence-electron chi connectivity index (χ3n) is 3.27. The standard InChI is InChI=1S/C13H17NO3/c1-8(13(15)16)12(14-2)10-3-4-11-9(7-10)5-6-17-11/h3-4,7-8,12,14H,5-6H2,1-2H3,(H,15,16). The summed E-state index contributed by atoms with van der Waals surface area (Å²) in [4.78, 5) is 11.0. The molecule has 0 saturated carbocycles. The molecule has 0 radical (unpaired) electrons. The molecular weight excluding hydrogens is 218 g/mol. The molecule has 0 aromatic heterocycles. The molecule has 1 heterocycles. The average Bonchev–Trinajstić information content (AvgIpc) is 2.77. The van der Waals surface area contributed by atoms with Gasteiger partial charge in [-0.25, -0.2) is 0 Å². The first-order valence-corrected chi connectivity index (χ1v) is 5.79. The number of aliphatic carboxylic acids is 1. The van der Waals surface area contributed by atoms with E-state index in [1.807, 2.05) is 18.2 Å². The molecule has 4 heteroatoms. The number of carbonyl (C=O) groups is 1. The predicted molar refractivity (Wildman–Crippen MR) is 64.2 cm³/mol. The Hall–Kier alpha value is -1.55. The summed E-state index contributed by atoms with van der Waals surface area (Å²) in [5, 5.41) is 12.1. The molecule has 1 aliphatic heterocycles. The van der Waals surface area contributed by atoms with Crippen LogP contribution in [0.5, 0.6) is 5.75 Å². The highest BCUT2D eigenvalue weighted by Crippen LogP contribution is 2.30. The lowest BCUT2D eigenvalue weighted by Gasteiger charge is -2.21. The number of nitrogens with one attached hydrogen (secondary N) is 1. The Morgan fingerprint density at radius 1 is 1.53 bits per heavy atom. The second kappa shape index (κ2) is 4.75. The van der Waals surface area contributed by atoms with Crippen LogP contribution in [0, 0.1) is 5.92 Å². The van der Waals surface area contributed by atoms with E-state index in [4.69, 9.17) is 9.84 Å². The number of hydrogen-bond acceptors (Lipinski definition) is 3. The molecule has 4 nitrogen and oxygen atoms in total. The maximum atomic E-state index is 11.0. The first kappa shape index (κ1) is 11.9. The Morgan fingerprint density at radius 3 is 2.94 bits per heavy atom. The van der Waals surface area contributed by atoms with Gasteiger partial charge >= 0.3 is 5.97 Å². The van der Waals surface area contributed by atoms with Crippen LogP contribution in [0.1, 0.15) is 24.1 Å². The highest BCUT2D eigenvalue weighted by Gasteiger charge is 2.25. The number of fused-ring (bicyclic) bond motifs is 1. The van der Waals surface area contributed by atoms with Gasteiger partial charge in [0.05, 0.1) is 12.5 Å². The maximum absolute atomic E-state index is 11.0. The van der Waals surface area contributed by atoms with E-state index in [0.717, 1.165) is 24.3 Å². The molecule has 2 atom stereocenters. The van der Waals surface area contributed by atoms with Crippen molar-refractivity contribution >= 4 is 5.97 Å². The predicted octanol–water partition coefficient (Wildman–Crippen LogP) is 1.60. The molecule has 0 bridgehead atoms. The van der Waals surface area contributed by atoms with E-state index in [2.05, 4.69) is 5.32 Å². The van der Waals surface area contributed by atoms with Crippen molar-refractivity contribution in [3.05, 3.63) is 29.3 Å². The van der Waals surface area contributed by atoms with E-state index in [9.17, 15) is 4.79 Å². The van der Waals surface area contributed by atoms with Crippen molar-refractivity contribution in [2.75, 3.05) is 13.7 Å². The van der Waals surface area contributed by atoms with E-state index in [1.165, 1.54) is 5.56 Å². The Balaban J connectivity index is 2.28. The number of benzene rings is 1. The van der Waals surface area contributed by atoms with Crippen molar-refractivity contribution in [2.24, 2.45) is 5.92 Å². The van der Waals surface area contributed by atoms with Crippen molar-refractivity contribution < 1.29 is 14.6 Å².